The number of hydrogen-bond donors (Lipinski definition) is 0. The first-order chi connectivity index (χ1) is 26.0. The monoisotopic (exact) mass is 676 g/mol. The second-order valence-electron chi connectivity index (χ2n) is 11.7. The van der Waals surface area contributed by atoms with E-state index < -0.39 is 62.2 Å². The van der Waals surface area contributed by atoms with Crippen LogP contribution in [0.15, 0.2) is 55.1 Å². The van der Waals surface area contributed by atoms with Crippen LogP contribution < -0.4 is 9.64 Å². The number of benzene rings is 2. The average Bonchev–Trinajstić information content (AvgIpc) is 3.80. The fourth-order valence-electron chi connectivity index (χ4n) is 6.52. The lowest BCUT2D eigenvalue weighted by Crippen LogP contribution is -2.47. The maximum atomic E-state index is 15.1. The Morgan fingerprint density at radius 2 is 1.92 bits per heavy atom. The van der Waals surface area contributed by atoms with Crippen molar-refractivity contribution in [2.75, 3.05) is 32.0 Å². The van der Waals surface area contributed by atoms with Crippen molar-refractivity contribution in [1.82, 2.24) is 44.2 Å². The van der Waals surface area contributed by atoms with Crippen molar-refractivity contribution >= 4 is 33.8 Å². The van der Waals surface area contributed by atoms with Crippen LogP contribution in [0, 0.1) is 24.4 Å². The molecule has 2 aliphatic heterocycles. The van der Waals surface area contributed by atoms with Gasteiger partial charge in [-0.1, -0.05) is 0 Å². The third kappa shape index (κ3) is 5.28. The summed E-state index contributed by atoms with van der Waals surface area (Å²) in [7, 11) is -3.02. The Morgan fingerprint density at radius 1 is 1.02 bits per heavy atom. The highest BCUT2D eigenvalue weighted by Crippen LogP contribution is 2.35. The minimum Gasteiger partial charge on any atom is -0.458 e. The SMILES string of the molecule is [2H]C([2H])([2H])O[C@@H]1CN(C([2H])([2H])[2H])C(=O)[C@@H]2C[C@@H](CN2c2ncnc3c2cnn3-c2ccc(F)cc2F)Oc2nccc(n2)-c2cc(F)cc3nc(C)n(c23)C1. The number of amides is 1. The molecule has 4 bridgehead atoms. The van der Waals surface area contributed by atoms with E-state index in [9.17, 15) is 13.6 Å². The maximum Gasteiger partial charge on any atom is 0.317 e. The summed E-state index contributed by atoms with van der Waals surface area (Å²) in [5.41, 5.74) is 1.05. The van der Waals surface area contributed by atoms with E-state index in [4.69, 9.17) is 17.7 Å². The van der Waals surface area contributed by atoms with Gasteiger partial charge in [-0.25, -0.2) is 37.8 Å². The van der Waals surface area contributed by atoms with E-state index in [0.717, 1.165) is 17.1 Å². The zero-order chi connectivity index (χ0) is 39.0. The lowest BCUT2D eigenvalue weighted by molar-refractivity contribution is -0.133. The van der Waals surface area contributed by atoms with Crippen molar-refractivity contribution in [2.45, 2.75) is 38.1 Å². The molecule has 1 saturated heterocycles. The van der Waals surface area contributed by atoms with E-state index in [-0.39, 0.29) is 64.8 Å². The molecule has 0 spiro atoms. The summed E-state index contributed by atoms with van der Waals surface area (Å²) in [6.07, 6.45) is 1.45. The first kappa shape index (κ1) is 24.5. The molecule has 0 aliphatic carbocycles. The van der Waals surface area contributed by atoms with Gasteiger partial charge in [-0.3, -0.25) is 4.79 Å². The molecular formula is C33H29F3N10O3. The minimum absolute atomic E-state index is 0.0770. The van der Waals surface area contributed by atoms with Crippen LogP contribution in [0.5, 0.6) is 6.01 Å². The Balaban J connectivity index is 1.28. The van der Waals surface area contributed by atoms with Crippen molar-refractivity contribution in [3.8, 4) is 23.0 Å². The molecule has 1 fully saturated rings. The van der Waals surface area contributed by atoms with Gasteiger partial charge in [0.05, 0.1) is 51.6 Å². The lowest BCUT2D eigenvalue weighted by Gasteiger charge is -2.30. The van der Waals surface area contributed by atoms with Crippen LogP contribution in [0.4, 0.5) is 19.0 Å². The summed E-state index contributed by atoms with van der Waals surface area (Å²) in [4.78, 5) is 38.7. The number of imidazole rings is 1. The van der Waals surface area contributed by atoms with E-state index in [1.165, 1.54) is 41.6 Å². The quantitative estimate of drug-likeness (QED) is 0.273. The van der Waals surface area contributed by atoms with Gasteiger partial charge in [-0.2, -0.15) is 10.1 Å². The predicted octanol–water partition coefficient (Wildman–Crippen LogP) is 3.86. The Kier molecular flexibility index (Phi) is 5.90. The Hall–Kier alpha value is -5.64. The molecule has 49 heavy (non-hydrogen) atoms. The van der Waals surface area contributed by atoms with E-state index in [1.54, 1.807) is 11.5 Å². The van der Waals surface area contributed by atoms with Crippen LogP contribution in [0.1, 0.15) is 20.5 Å². The largest absolute Gasteiger partial charge is 0.458 e. The van der Waals surface area contributed by atoms with Crippen LogP contribution >= 0.6 is 0 Å². The number of carbonyl (C=O) groups is 1. The number of ether oxygens (including phenoxy) is 2. The molecular weight excluding hydrogens is 641 g/mol. The normalized spacial score (nSPS) is 22.0. The maximum absolute atomic E-state index is 15.1. The van der Waals surface area contributed by atoms with Crippen LogP contribution in [-0.2, 0) is 16.1 Å². The summed E-state index contributed by atoms with van der Waals surface area (Å²) >= 11 is 0. The van der Waals surface area contributed by atoms with Gasteiger partial charge in [0.2, 0.25) is 5.91 Å². The molecule has 6 heterocycles. The van der Waals surface area contributed by atoms with Crippen LogP contribution in [0.2, 0.25) is 0 Å². The number of fused-ring (bicyclic) bond motifs is 6. The van der Waals surface area contributed by atoms with Crippen LogP contribution in [0.25, 0.3) is 39.0 Å². The molecule has 0 radical (unpaired) electrons. The van der Waals surface area contributed by atoms with Gasteiger partial charge in [-0.05, 0) is 31.2 Å². The standard InChI is InChI=1S/C33H29F3N10O3/c1-17-41-26-10-19(35)8-22-25-6-7-37-33(42-25)49-20-11-28(32(47)43(2)13-21(48-3)15-44(17)29(22)26)45(14-20)30-23-12-40-46(31(23)39-16-38-30)27-5-4-18(34)9-24(27)36/h4-10,12,16,20-21,28H,11,13-15H2,1-3H3/t20-,21+,28-/m0/s1/i2D3,3D3. The van der Waals surface area contributed by atoms with Gasteiger partial charge in [-0.15, -0.1) is 0 Å². The molecule has 250 valence electrons. The Bertz CT molecular complexity index is 2480. The van der Waals surface area contributed by atoms with Crippen LogP contribution in [-0.4, -0.2) is 95.4 Å². The molecule has 1 amide bonds. The van der Waals surface area contributed by atoms with Gasteiger partial charge in [0.25, 0.3) is 0 Å². The smallest absolute Gasteiger partial charge is 0.317 e. The number of nitrogens with zero attached hydrogens (tertiary/aromatic N) is 10. The van der Waals surface area contributed by atoms with Crippen molar-refractivity contribution in [1.29, 1.82) is 0 Å². The summed E-state index contributed by atoms with van der Waals surface area (Å²) in [6, 6.07) is 5.47. The number of anilines is 1. The molecule has 0 saturated carbocycles. The Morgan fingerprint density at radius 3 is 2.76 bits per heavy atom. The molecule has 2 aromatic carbocycles. The molecule has 8 rings (SSSR count). The minimum atomic E-state index is -3.10. The number of rotatable bonds is 3. The molecule has 3 atom stereocenters. The number of methoxy groups -OCH3 is 1. The fourth-order valence-corrected chi connectivity index (χ4v) is 6.52. The van der Waals surface area contributed by atoms with E-state index >= 15 is 4.39 Å². The third-order valence-corrected chi connectivity index (χ3v) is 8.69. The van der Waals surface area contributed by atoms with Crippen molar-refractivity contribution in [3.63, 3.8) is 0 Å². The molecule has 6 aromatic rings. The van der Waals surface area contributed by atoms with Crippen molar-refractivity contribution in [2.24, 2.45) is 0 Å². The average molecular weight is 677 g/mol. The summed E-state index contributed by atoms with van der Waals surface area (Å²) < 4.78 is 107. The molecule has 13 nitrogen and oxygen atoms in total. The van der Waals surface area contributed by atoms with Crippen molar-refractivity contribution < 1.29 is 35.7 Å². The number of aryl methyl sites for hydroxylation is 1. The van der Waals surface area contributed by atoms with Gasteiger partial charge >= 0.3 is 6.01 Å². The number of halogens is 3. The zero-order valence-corrected chi connectivity index (χ0v) is 25.6. The first-order valence-corrected chi connectivity index (χ1v) is 15.1. The fraction of sp³-hybridized carbons (Fsp3) is 0.303. The number of hydrogen-bond acceptors (Lipinski definition) is 10. The summed E-state index contributed by atoms with van der Waals surface area (Å²) in [5.74, 6) is -2.84. The summed E-state index contributed by atoms with van der Waals surface area (Å²) in [6.45, 7) is -2.60. The van der Waals surface area contributed by atoms with E-state index in [2.05, 4.69) is 30.0 Å². The van der Waals surface area contributed by atoms with Gasteiger partial charge in [0, 0.05) is 55.0 Å². The molecule has 16 heteroatoms. The second kappa shape index (κ2) is 11.8. The lowest BCUT2D eigenvalue weighted by atomic mass is 10.1. The Labute approximate surface area is 285 Å². The predicted molar refractivity (Wildman–Crippen MR) is 171 cm³/mol. The topological polar surface area (TPSA) is 129 Å². The molecule has 2 aliphatic rings. The second-order valence-corrected chi connectivity index (χ2v) is 11.7. The molecule has 0 unspecified atom stereocenters. The van der Waals surface area contributed by atoms with E-state index in [1.807, 2.05) is 0 Å². The number of likely N-dealkylation sites (N-methyl/N-ethyl adjacent to an activating group) is 1. The van der Waals surface area contributed by atoms with Gasteiger partial charge < -0.3 is 23.8 Å². The number of aromatic nitrogens is 8. The number of carbonyl (C=O) groups excluding carboxylic acids is 1. The molecule has 4 aromatic heterocycles. The molecule has 0 N–H and O–H groups in total. The van der Waals surface area contributed by atoms with Crippen LogP contribution in [0.3, 0.4) is 0 Å². The highest BCUT2D eigenvalue weighted by molar-refractivity contribution is 5.93. The first-order valence-electron chi connectivity index (χ1n) is 18.1. The summed E-state index contributed by atoms with van der Waals surface area (Å²) in [5, 5.41) is 4.49. The van der Waals surface area contributed by atoms with Crippen molar-refractivity contribution in [3.05, 3.63) is 78.4 Å². The van der Waals surface area contributed by atoms with Gasteiger partial charge in [0.15, 0.2) is 11.5 Å². The third-order valence-electron chi connectivity index (χ3n) is 8.69. The highest BCUT2D eigenvalue weighted by atomic mass is 19.1. The zero-order valence-electron chi connectivity index (χ0n) is 31.6. The van der Waals surface area contributed by atoms with Gasteiger partial charge in [0.1, 0.15) is 47.4 Å². The van der Waals surface area contributed by atoms with E-state index in [0.29, 0.717) is 22.3 Å². The highest BCUT2D eigenvalue weighted by Gasteiger charge is 2.42.